The van der Waals surface area contributed by atoms with Crippen molar-refractivity contribution in [3.8, 4) is 0 Å². The predicted octanol–water partition coefficient (Wildman–Crippen LogP) is 2.74. The van der Waals surface area contributed by atoms with E-state index in [9.17, 15) is 0 Å². The molecule has 2 rings (SSSR count). The van der Waals surface area contributed by atoms with Crippen molar-refractivity contribution in [1.29, 1.82) is 0 Å². The summed E-state index contributed by atoms with van der Waals surface area (Å²) in [6, 6.07) is 0. The SMILES string of the molecule is CCNC(=NCC1CCCN(CC(C)C)C1)NCCCOCC1CCOCC1. The predicted molar refractivity (Wildman–Crippen MR) is 117 cm³/mol. The molecule has 0 spiro atoms. The molecule has 1 unspecified atom stereocenters. The molecule has 0 amide bonds. The van der Waals surface area contributed by atoms with Gasteiger partial charge in [-0.15, -0.1) is 0 Å². The van der Waals surface area contributed by atoms with Gasteiger partial charge in [0.25, 0.3) is 0 Å². The quantitative estimate of drug-likeness (QED) is 0.319. The van der Waals surface area contributed by atoms with E-state index in [1.807, 2.05) is 0 Å². The van der Waals surface area contributed by atoms with Gasteiger partial charge in [-0.2, -0.15) is 0 Å². The van der Waals surface area contributed by atoms with Crippen molar-refractivity contribution in [2.75, 3.05) is 65.7 Å². The monoisotopic (exact) mass is 396 g/mol. The summed E-state index contributed by atoms with van der Waals surface area (Å²) in [7, 11) is 0. The van der Waals surface area contributed by atoms with Crippen molar-refractivity contribution in [2.24, 2.45) is 22.7 Å². The van der Waals surface area contributed by atoms with Crippen LogP contribution < -0.4 is 10.6 Å². The highest BCUT2D eigenvalue weighted by molar-refractivity contribution is 5.79. The molecule has 1 atom stereocenters. The number of nitrogens with zero attached hydrogens (tertiary/aromatic N) is 2. The lowest BCUT2D eigenvalue weighted by atomic mass is 9.97. The van der Waals surface area contributed by atoms with E-state index in [-0.39, 0.29) is 0 Å². The Bertz CT molecular complexity index is 425. The van der Waals surface area contributed by atoms with Crippen LogP contribution in [0.25, 0.3) is 0 Å². The van der Waals surface area contributed by atoms with Crippen LogP contribution in [0, 0.1) is 17.8 Å². The maximum atomic E-state index is 5.85. The summed E-state index contributed by atoms with van der Waals surface area (Å²) in [5, 5.41) is 6.85. The summed E-state index contributed by atoms with van der Waals surface area (Å²) < 4.78 is 11.2. The summed E-state index contributed by atoms with van der Waals surface area (Å²) >= 11 is 0. The number of rotatable bonds is 11. The maximum Gasteiger partial charge on any atom is 0.191 e. The van der Waals surface area contributed by atoms with Crippen LogP contribution >= 0.6 is 0 Å². The largest absolute Gasteiger partial charge is 0.381 e. The van der Waals surface area contributed by atoms with Gasteiger partial charge in [0.2, 0.25) is 0 Å². The Morgan fingerprint density at radius 1 is 1.18 bits per heavy atom. The molecule has 0 bridgehead atoms. The molecule has 2 heterocycles. The molecule has 0 aromatic heterocycles. The summed E-state index contributed by atoms with van der Waals surface area (Å²) in [5.74, 6) is 3.07. The van der Waals surface area contributed by atoms with Gasteiger partial charge in [-0.25, -0.2) is 0 Å². The fourth-order valence-electron chi connectivity index (χ4n) is 4.09. The average molecular weight is 397 g/mol. The van der Waals surface area contributed by atoms with Gasteiger partial charge in [-0.3, -0.25) is 4.99 Å². The molecule has 6 heteroatoms. The number of likely N-dealkylation sites (tertiary alicyclic amines) is 1. The van der Waals surface area contributed by atoms with Gasteiger partial charge in [-0.1, -0.05) is 13.8 Å². The minimum Gasteiger partial charge on any atom is -0.381 e. The summed E-state index contributed by atoms with van der Waals surface area (Å²) in [6.07, 6.45) is 5.91. The number of aliphatic imine (C=N–C) groups is 1. The van der Waals surface area contributed by atoms with Crippen LogP contribution in [0.15, 0.2) is 4.99 Å². The Morgan fingerprint density at radius 3 is 2.75 bits per heavy atom. The second-order valence-corrected chi connectivity index (χ2v) is 8.79. The van der Waals surface area contributed by atoms with Gasteiger partial charge >= 0.3 is 0 Å². The normalized spacial score (nSPS) is 22.6. The number of piperidine rings is 1. The lowest BCUT2D eigenvalue weighted by Gasteiger charge is -2.33. The van der Waals surface area contributed by atoms with E-state index in [2.05, 4.69) is 36.3 Å². The smallest absolute Gasteiger partial charge is 0.191 e. The Morgan fingerprint density at radius 2 is 2.00 bits per heavy atom. The Labute approximate surface area is 172 Å². The Hall–Kier alpha value is -0.850. The van der Waals surface area contributed by atoms with Gasteiger partial charge in [0.05, 0.1) is 0 Å². The van der Waals surface area contributed by atoms with E-state index in [4.69, 9.17) is 14.5 Å². The van der Waals surface area contributed by atoms with Crippen LogP contribution in [0.3, 0.4) is 0 Å². The Balaban J connectivity index is 1.60. The number of guanidine groups is 1. The molecule has 164 valence electrons. The van der Waals surface area contributed by atoms with Crippen LogP contribution in [0.2, 0.25) is 0 Å². The third-order valence-electron chi connectivity index (χ3n) is 5.53. The van der Waals surface area contributed by atoms with Crippen LogP contribution in [-0.2, 0) is 9.47 Å². The second-order valence-electron chi connectivity index (χ2n) is 8.79. The van der Waals surface area contributed by atoms with Crippen LogP contribution in [-0.4, -0.2) is 76.6 Å². The van der Waals surface area contributed by atoms with E-state index in [1.165, 1.54) is 32.5 Å². The lowest BCUT2D eigenvalue weighted by molar-refractivity contribution is 0.0203. The first-order valence-electron chi connectivity index (χ1n) is 11.6. The molecule has 0 aromatic carbocycles. The first kappa shape index (κ1) is 23.4. The lowest BCUT2D eigenvalue weighted by Crippen LogP contribution is -2.41. The highest BCUT2D eigenvalue weighted by Gasteiger charge is 2.20. The van der Waals surface area contributed by atoms with E-state index in [0.717, 1.165) is 77.2 Å². The molecule has 0 aliphatic carbocycles. The molecule has 2 aliphatic heterocycles. The standard InChI is InChI=1S/C22H44N4O2/c1-4-23-22(24-10-6-12-28-18-20-8-13-27-14-9-20)25-15-21-7-5-11-26(17-21)16-19(2)3/h19-21H,4-18H2,1-3H3,(H2,23,24,25). The van der Waals surface area contributed by atoms with Gasteiger partial charge in [0.15, 0.2) is 5.96 Å². The molecule has 2 aliphatic rings. The van der Waals surface area contributed by atoms with Crippen molar-refractivity contribution in [3.05, 3.63) is 0 Å². The molecule has 0 radical (unpaired) electrons. The fourth-order valence-corrected chi connectivity index (χ4v) is 4.09. The zero-order valence-corrected chi connectivity index (χ0v) is 18.5. The fraction of sp³-hybridized carbons (Fsp3) is 0.955. The first-order valence-corrected chi connectivity index (χ1v) is 11.6. The van der Waals surface area contributed by atoms with Crippen LogP contribution in [0.5, 0.6) is 0 Å². The molecular formula is C22H44N4O2. The topological polar surface area (TPSA) is 58.1 Å². The molecular weight excluding hydrogens is 352 g/mol. The Kier molecular flexibility index (Phi) is 11.9. The highest BCUT2D eigenvalue weighted by atomic mass is 16.5. The molecule has 2 saturated heterocycles. The molecule has 0 aromatic rings. The molecule has 6 nitrogen and oxygen atoms in total. The molecule has 2 fully saturated rings. The third-order valence-corrected chi connectivity index (χ3v) is 5.53. The van der Waals surface area contributed by atoms with Crippen molar-refractivity contribution in [2.45, 2.75) is 52.9 Å². The van der Waals surface area contributed by atoms with Crippen LogP contribution in [0.1, 0.15) is 52.9 Å². The number of ether oxygens (including phenoxy) is 2. The van der Waals surface area contributed by atoms with Crippen molar-refractivity contribution < 1.29 is 9.47 Å². The van der Waals surface area contributed by atoms with Crippen molar-refractivity contribution >= 4 is 5.96 Å². The molecule has 28 heavy (non-hydrogen) atoms. The van der Waals surface area contributed by atoms with Crippen molar-refractivity contribution in [1.82, 2.24) is 15.5 Å². The summed E-state index contributed by atoms with van der Waals surface area (Å²) in [5.41, 5.74) is 0. The summed E-state index contributed by atoms with van der Waals surface area (Å²) in [6.45, 7) is 16.6. The van der Waals surface area contributed by atoms with Gasteiger partial charge in [0, 0.05) is 59.2 Å². The molecule has 2 N–H and O–H groups in total. The van der Waals surface area contributed by atoms with Crippen molar-refractivity contribution in [3.63, 3.8) is 0 Å². The van der Waals surface area contributed by atoms with E-state index in [1.54, 1.807) is 0 Å². The highest BCUT2D eigenvalue weighted by Crippen LogP contribution is 2.18. The number of nitrogens with one attached hydrogen (secondary N) is 2. The van der Waals surface area contributed by atoms with Crippen LogP contribution in [0.4, 0.5) is 0 Å². The maximum absolute atomic E-state index is 5.85. The second kappa shape index (κ2) is 14.2. The zero-order valence-electron chi connectivity index (χ0n) is 18.5. The number of hydrogen-bond donors (Lipinski definition) is 2. The zero-order chi connectivity index (χ0) is 20.0. The van der Waals surface area contributed by atoms with E-state index in [0.29, 0.717) is 11.8 Å². The minimum absolute atomic E-state index is 0.686. The minimum atomic E-state index is 0.686. The molecule has 0 saturated carbocycles. The number of hydrogen-bond acceptors (Lipinski definition) is 4. The van der Waals surface area contributed by atoms with Gasteiger partial charge in [-0.05, 0) is 63.3 Å². The summed E-state index contributed by atoms with van der Waals surface area (Å²) in [4.78, 5) is 7.47. The average Bonchev–Trinajstić information content (AvgIpc) is 2.69. The first-order chi connectivity index (χ1) is 13.7. The van der Waals surface area contributed by atoms with Gasteiger partial charge in [0.1, 0.15) is 0 Å². The third kappa shape index (κ3) is 10.1. The van der Waals surface area contributed by atoms with Gasteiger partial charge < -0.3 is 25.0 Å². The van der Waals surface area contributed by atoms with E-state index >= 15 is 0 Å². The van der Waals surface area contributed by atoms with E-state index < -0.39 is 0 Å².